The summed E-state index contributed by atoms with van der Waals surface area (Å²) >= 11 is 0. The van der Waals surface area contributed by atoms with Gasteiger partial charge in [0.15, 0.2) is 0 Å². The molecule has 1 rings (SSSR count). The van der Waals surface area contributed by atoms with Crippen molar-refractivity contribution in [1.82, 2.24) is 0 Å². The van der Waals surface area contributed by atoms with E-state index in [9.17, 15) is 0 Å². The Morgan fingerprint density at radius 2 is 1.80 bits per heavy atom. The summed E-state index contributed by atoms with van der Waals surface area (Å²) in [6.45, 7) is 5.66. The molecule has 0 saturated carbocycles. The third kappa shape index (κ3) is 5.11. The van der Waals surface area contributed by atoms with E-state index in [1.54, 1.807) is 0 Å². The standard InChI is InChI=1S/C12H20O2Si/c1-3-10-15(13-4-2)14-11-12-8-6-5-7-9-12/h5-9,15H,3-4,10-11H2,1-2H3. The van der Waals surface area contributed by atoms with Crippen LogP contribution < -0.4 is 0 Å². The average molecular weight is 224 g/mol. The first-order chi connectivity index (χ1) is 7.36. The monoisotopic (exact) mass is 224 g/mol. The molecule has 0 heterocycles. The van der Waals surface area contributed by atoms with Crippen molar-refractivity contribution in [2.24, 2.45) is 0 Å². The van der Waals surface area contributed by atoms with Gasteiger partial charge in [-0.1, -0.05) is 43.7 Å². The second kappa shape index (κ2) is 7.62. The number of rotatable bonds is 7. The normalized spacial score (nSPS) is 12.7. The number of benzene rings is 1. The van der Waals surface area contributed by atoms with Crippen LogP contribution >= 0.6 is 0 Å². The molecule has 0 fully saturated rings. The molecular formula is C12H20O2Si. The van der Waals surface area contributed by atoms with Crippen LogP contribution in [-0.2, 0) is 15.5 Å². The van der Waals surface area contributed by atoms with Gasteiger partial charge in [0.25, 0.3) is 0 Å². The van der Waals surface area contributed by atoms with Gasteiger partial charge in [0, 0.05) is 6.61 Å². The Labute approximate surface area is 94.1 Å². The van der Waals surface area contributed by atoms with Gasteiger partial charge in [-0.3, -0.25) is 0 Å². The smallest absolute Gasteiger partial charge is 0.321 e. The van der Waals surface area contributed by atoms with E-state index in [2.05, 4.69) is 19.1 Å². The van der Waals surface area contributed by atoms with E-state index in [4.69, 9.17) is 8.85 Å². The molecule has 0 bridgehead atoms. The molecule has 0 aliphatic rings. The van der Waals surface area contributed by atoms with E-state index in [0.717, 1.165) is 19.1 Å². The maximum atomic E-state index is 5.83. The number of hydrogen-bond donors (Lipinski definition) is 0. The van der Waals surface area contributed by atoms with Crippen LogP contribution in [0.25, 0.3) is 0 Å². The van der Waals surface area contributed by atoms with Crippen molar-refractivity contribution >= 4 is 9.28 Å². The molecule has 0 spiro atoms. The lowest BCUT2D eigenvalue weighted by atomic mass is 10.2. The molecule has 0 N–H and O–H groups in total. The van der Waals surface area contributed by atoms with Gasteiger partial charge in [0.1, 0.15) is 0 Å². The van der Waals surface area contributed by atoms with E-state index in [1.807, 2.05) is 25.1 Å². The zero-order chi connectivity index (χ0) is 10.9. The van der Waals surface area contributed by atoms with Crippen LogP contribution in [0.3, 0.4) is 0 Å². The van der Waals surface area contributed by atoms with Crippen molar-refractivity contribution in [1.29, 1.82) is 0 Å². The third-order valence-electron chi connectivity index (χ3n) is 2.16. The Hall–Kier alpha value is -0.643. The first-order valence-electron chi connectivity index (χ1n) is 5.64. The lowest BCUT2D eigenvalue weighted by Crippen LogP contribution is -2.22. The van der Waals surface area contributed by atoms with Gasteiger partial charge in [-0.15, -0.1) is 0 Å². The summed E-state index contributed by atoms with van der Waals surface area (Å²) in [7, 11) is -1.40. The van der Waals surface area contributed by atoms with E-state index in [-0.39, 0.29) is 0 Å². The molecule has 0 aliphatic heterocycles. The van der Waals surface area contributed by atoms with Crippen molar-refractivity contribution < 1.29 is 8.85 Å². The molecule has 0 saturated heterocycles. The Morgan fingerprint density at radius 1 is 1.07 bits per heavy atom. The molecule has 3 heteroatoms. The molecule has 1 aromatic carbocycles. The average Bonchev–Trinajstić information content (AvgIpc) is 2.28. The maximum absolute atomic E-state index is 5.83. The molecule has 1 aromatic rings. The molecule has 0 aromatic heterocycles. The lowest BCUT2D eigenvalue weighted by Gasteiger charge is -2.14. The first kappa shape index (κ1) is 12.4. The minimum Gasteiger partial charge on any atom is -0.397 e. The van der Waals surface area contributed by atoms with Gasteiger partial charge in [-0.2, -0.15) is 0 Å². The zero-order valence-electron chi connectivity index (χ0n) is 9.61. The van der Waals surface area contributed by atoms with Gasteiger partial charge < -0.3 is 8.85 Å². The molecule has 15 heavy (non-hydrogen) atoms. The predicted octanol–water partition coefficient (Wildman–Crippen LogP) is 2.87. The van der Waals surface area contributed by atoms with E-state index in [0.29, 0.717) is 6.61 Å². The van der Waals surface area contributed by atoms with Crippen LogP contribution in [0.15, 0.2) is 30.3 Å². The summed E-state index contributed by atoms with van der Waals surface area (Å²) in [5.74, 6) is 0. The van der Waals surface area contributed by atoms with Gasteiger partial charge in [0.05, 0.1) is 6.61 Å². The summed E-state index contributed by atoms with van der Waals surface area (Å²) in [6, 6.07) is 11.4. The SMILES string of the molecule is CCC[SiH](OCC)OCc1ccccc1. The zero-order valence-corrected chi connectivity index (χ0v) is 10.8. The summed E-state index contributed by atoms with van der Waals surface area (Å²) in [4.78, 5) is 0. The minimum atomic E-state index is -1.40. The fourth-order valence-electron chi connectivity index (χ4n) is 1.40. The van der Waals surface area contributed by atoms with Gasteiger partial charge in [-0.25, -0.2) is 0 Å². The highest BCUT2D eigenvalue weighted by molar-refractivity contribution is 6.44. The lowest BCUT2D eigenvalue weighted by molar-refractivity contribution is 0.196. The van der Waals surface area contributed by atoms with Crippen LogP contribution in [0, 0.1) is 0 Å². The molecule has 1 unspecified atom stereocenters. The Morgan fingerprint density at radius 3 is 2.40 bits per heavy atom. The van der Waals surface area contributed by atoms with Gasteiger partial charge in [0.2, 0.25) is 0 Å². The van der Waals surface area contributed by atoms with Crippen LogP contribution in [0.1, 0.15) is 25.8 Å². The topological polar surface area (TPSA) is 18.5 Å². The fourth-order valence-corrected chi connectivity index (χ4v) is 3.05. The second-order valence-electron chi connectivity index (χ2n) is 3.47. The summed E-state index contributed by atoms with van der Waals surface area (Å²) < 4.78 is 11.4. The molecule has 0 amide bonds. The van der Waals surface area contributed by atoms with Crippen molar-refractivity contribution in [3.63, 3.8) is 0 Å². The van der Waals surface area contributed by atoms with Gasteiger partial charge >= 0.3 is 9.28 Å². The predicted molar refractivity (Wildman–Crippen MR) is 65.1 cm³/mol. The van der Waals surface area contributed by atoms with Crippen molar-refractivity contribution in [2.75, 3.05) is 6.61 Å². The van der Waals surface area contributed by atoms with E-state index < -0.39 is 9.28 Å². The Bertz CT molecular complexity index is 245. The van der Waals surface area contributed by atoms with Crippen molar-refractivity contribution in [3.8, 4) is 0 Å². The molecule has 0 radical (unpaired) electrons. The van der Waals surface area contributed by atoms with E-state index >= 15 is 0 Å². The van der Waals surface area contributed by atoms with Crippen molar-refractivity contribution in [3.05, 3.63) is 35.9 Å². The van der Waals surface area contributed by atoms with Crippen LogP contribution in [-0.4, -0.2) is 15.9 Å². The highest BCUT2D eigenvalue weighted by atomic mass is 28.3. The molecular weight excluding hydrogens is 204 g/mol. The summed E-state index contributed by atoms with van der Waals surface area (Å²) in [5.41, 5.74) is 1.23. The highest BCUT2D eigenvalue weighted by Crippen LogP contribution is 2.06. The molecule has 1 atom stereocenters. The Kier molecular flexibility index (Phi) is 6.32. The number of hydrogen-bond acceptors (Lipinski definition) is 2. The fraction of sp³-hybridized carbons (Fsp3) is 0.500. The molecule has 84 valence electrons. The van der Waals surface area contributed by atoms with Crippen molar-refractivity contribution in [2.45, 2.75) is 32.9 Å². The first-order valence-corrected chi connectivity index (χ1v) is 7.39. The highest BCUT2D eigenvalue weighted by Gasteiger charge is 2.10. The third-order valence-corrected chi connectivity index (χ3v) is 4.45. The quantitative estimate of drug-likeness (QED) is 0.663. The van der Waals surface area contributed by atoms with E-state index in [1.165, 1.54) is 5.56 Å². The summed E-state index contributed by atoms with van der Waals surface area (Å²) in [6.07, 6.45) is 1.14. The molecule has 0 aliphatic carbocycles. The van der Waals surface area contributed by atoms with Crippen LogP contribution in [0.5, 0.6) is 0 Å². The second-order valence-corrected chi connectivity index (χ2v) is 5.57. The maximum Gasteiger partial charge on any atom is 0.321 e. The summed E-state index contributed by atoms with van der Waals surface area (Å²) in [5, 5.41) is 0. The Balaban J connectivity index is 2.33. The van der Waals surface area contributed by atoms with Gasteiger partial charge in [-0.05, 0) is 18.5 Å². The van der Waals surface area contributed by atoms with Crippen LogP contribution in [0.2, 0.25) is 6.04 Å². The minimum absolute atomic E-state index is 0.692. The largest absolute Gasteiger partial charge is 0.397 e. The molecule has 2 nitrogen and oxygen atoms in total. The van der Waals surface area contributed by atoms with Crippen LogP contribution in [0.4, 0.5) is 0 Å².